The van der Waals surface area contributed by atoms with Gasteiger partial charge in [-0.15, -0.1) is 0 Å². The van der Waals surface area contributed by atoms with Gasteiger partial charge in [0.2, 0.25) is 0 Å². The summed E-state index contributed by atoms with van der Waals surface area (Å²) >= 11 is 0. The summed E-state index contributed by atoms with van der Waals surface area (Å²) in [5, 5.41) is 27.1. The highest BCUT2D eigenvalue weighted by Gasteiger charge is 2.24. The predicted molar refractivity (Wildman–Crippen MR) is 104 cm³/mol. The van der Waals surface area contributed by atoms with E-state index in [0.29, 0.717) is 11.8 Å². The molecule has 0 atom stereocenters. The molecular weight excluding hydrogens is 396 g/mol. The number of carbonyl (C=O) groups excluding carboxylic acids is 2. The Balaban J connectivity index is 1.76. The van der Waals surface area contributed by atoms with Gasteiger partial charge in [0, 0.05) is 17.3 Å². The predicted octanol–water partition coefficient (Wildman–Crippen LogP) is 3.28. The van der Waals surface area contributed by atoms with Gasteiger partial charge < -0.3 is 15.1 Å². The minimum absolute atomic E-state index is 0.178. The number of nitrogens with one attached hydrogen (secondary N) is 2. The highest BCUT2D eigenvalue weighted by Crippen LogP contribution is 2.25. The minimum Gasteiger partial charge on any atom is -0.467 e. The average molecular weight is 410 g/mol. The number of benzene rings is 2. The van der Waals surface area contributed by atoms with Crippen molar-refractivity contribution in [2.24, 2.45) is 0 Å². The van der Waals surface area contributed by atoms with Crippen molar-refractivity contribution in [3.8, 4) is 0 Å². The quantitative estimate of drug-likeness (QED) is 0.447. The number of nitro benzene ring substituents is 2. The summed E-state index contributed by atoms with van der Waals surface area (Å²) in [6, 6.07) is 12.1. The number of anilines is 1. The lowest BCUT2D eigenvalue weighted by atomic mass is 10.1. The second kappa shape index (κ2) is 8.65. The van der Waals surface area contributed by atoms with Gasteiger partial charge in [-0.2, -0.15) is 0 Å². The van der Waals surface area contributed by atoms with E-state index in [-0.39, 0.29) is 23.4 Å². The summed E-state index contributed by atoms with van der Waals surface area (Å²) in [6.07, 6.45) is 1.48. The summed E-state index contributed by atoms with van der Waals surface area (Å²) < 4.78 is 5.13. The Labute approximate surface area is 168 Å². The van der Waals surface area contributed by atoms with Gasteiger partial charge >= 0.3 is 0 Å². The van der Waals surface area contributed by atoms with Crippen LogP contribution in [0.25, 0.3) is 0 Å². The van der Waals surface area contributed by atoms with Gasteiger partial charge in [0.25, 0.3) is 23.2 Å². The molecule has 11 nitrogen and oxygen atoms in total. The Morgan fingerprint density at radius 2 is 1.73 bits per heavy atom. The molecule has 1 heterocycles. The van der Waals surface area contributed by atoms with Crippen molar-refractivity contribution >= 4 is 28.9 Å². The first-order valence-corrected chi connectivity index (χ1v) is 8.50. The molecular formula is C19H14N4O7. The first kappa shape index (κ1) is 20.2. The van der Waals surface area contributed by atoms with Gasteiger partial charge in [0.05, 0.1) is 28.7 Å². The molecule has 0 aliphatic heterocycles. The first-order chi connectivity index (χ1) is 14.3. The molecule has 0 radical (unpaired) electrons. The summed E-state index contributed by atoms with van der Waals surface area (Å²) in [5.74, 6) is -0.688. The average Bonchev–Trinajstić information content (AvgIpc) is 3.25. The number of nitro groups is 2. The molecule has 0 unspecified atom stereocenters. The van der Waals surface area contributed by atoms with E-state index in [1.807, 2.05) is 0 Å². The van der Waals surface area contributed by atoms with Crippen LogP contribution in [0.5, 0.6) is 0 Å². The van der Waals surface area contributed by atoms with Crippen molar-refractivity contribution in [2.75, 3.05) is 5.32 Å². The van der Waals surface area contributed by atoms with Crippen LogP contribution in [-0.2, 0) is 6.54 Å². The molecule has 0 aliphatic rings. The zero-order chi connectivity index (χ0) is 21.7. The molecule has 152 valence electrons. The Bertz CT molecular complexity index is 1130. The van der Waals surface area contributed by atoms with Crippen LogP contribution >= 0.6 is 0 Å². The lowest BCUT2D eigenvalue weighted by molar-refractivity contribution is -0.394. The van der Waals surface area contributed by atoms with Crippen LogP contribution in [0.2, 0.25) is 0 Å². The Hall–Kier alpha value is -4.54. The number of non-ortho nitro benzene ring substituents is 1. The lowest BCUT2D eigenvalue weighted by Crippen LogP contribution is -2.22. The Kier molecular flexibility index (Phi) is 5.82. The molecule has 1 aromatic heterocycles. The number of hydrogen-bond donors (Lipinski definition) is 2. The zero-order valence-corrected chi connectivity index (χ0v) is 15.2. The second-order valence-electron chi connectivity index (χ2n) is 6.01. The standard InChI is InChI=1S/C19H14N4O7/c24-18(20-11-15-5-2-8-30-15)12-3-1-4-13(9-12)21-19(25)16-7-6-14(22(26)27)10-17(16)23(28)29/h1-10H,11H2,(H,20,24)(H,21,25). The van der Waals surface area contributed by atoms with Crippen LogP contribution < -0.4 is 10.6 Å². The van der Waals surface area contributed by atoms with E-state index in [0.717, 1.165) is 12.1 Å². The Morgan fingerprint density at radius 1 is 0.933 bits per heavy atom. The van der Waals surface area contributed by atoms with Crippen molar-refractivity contribution < 1.29 is 23.9 Å². The van der Waals surface area contributed by atoms with Crippen molar-refractivity contribution in [1.29, 1.82) is 0 Å². The van der Waals surface area contributed by atoms with Gasteiger partial charge in [-0.05, 0) is 36.4 Å². The van der Waals surface area contributed by atoms with Crippen LogP contribution in [0.3, 0.4) is 0 Å². The molecule has 0 fully saturated rings. The zero-order valence-electron chi connectivity index (χ0n) is 15.2. The molecule has 0 bridgehead atoms. The van der Waals surface area contributed by atoms with Gasteiger partial charge in [0.1, 0.15) is 11.3 Å². The summed E-state index contributed by atoms with van der Waals surface area (Å²) in [6.45, 7) is 0.178. The highest BCUT2D eigenvalue weighted by atomic mass is 16.6. The topological polar surface area (TPSA) is 158 Å². The van der Waals surface area contributed by atoms with E-state index in [1.165, 1.54) is 30.5 Å². The maximum Gasteiger partial charge on any atom is 0.289 e. The SMILES string of the molecule is O=C(NCc1ccco1)c1cccc(NC(=O)c2ccc([N+](=O)[O-])cc2[N+](=O)[O-])c1. The third-order valence-electron chi connectivity index (χ3n) is 4.02. The van der Waals surface area contributed by atoms with Crippen molar-refractivity contribution in [1.82, 2.24) is 5.32 Å². The third-order valence-corrected chi connectivity index (χ3v) is 4.02. The minimum atomic E-state index is -0.875. The number of nitrogens with zero attached hydrogens (tertiary/aromatic N) is 2. The fraction of sp³-hybridized carbons (Fsp3) is 0.0526. The molecule has 3 aromatic rings. The first-order valence-electron chi connectivity index (χ1n) is 8.50. The van der Waals surface area contributed by atoms with Gasteiger partial charge in [-0.25, -0.2) is 0 Å². The molecule has 11 heteroatoms. The van der Waals surface area contributed by atoms with Crippen LogP contribution in [0.15, 0.2) is 65.3 Å². The van der Waals surface area contributed by atoms with Gasteiger partial charge in [-0.1, -0.05) is 6.07 Å². The maximum absolute atomic E-state index is 12.5. The number of carbonyl (C=O) groups is 2. The number of amides is 2. The molecule has 0 saturated heterocycles. The monoisotopic (exact) mass is 410 g/mol. The van der Waals surface area contributed by atoms with E-state index in [4.69, 9.17) is 4.42 Å². The smallest absolute Gasteiger partial charge is 0.289 e. The van der Waals surface area contributed by atoms with Crippen molar-refractivity contribution in [2.45, 2.75) is 6.54 Å². The molecule has 2 amide bonds. The molecule has 0 spiro atoms. The third kappa shape index (κ3) is 4.65. The van der Waals surface area contributed by atoms with E-state index < -0.39 is 33.0 Å². The van der Waals surface area contributed by atoms with Crippen LogP contribution in [0.1, 0.15) is 26.5 Å². The second-order valence-corrected chi connectivity index (χ2v) is 6.01. The molecule has 2 aromatic carbocycles. The molecule has 0 aliphatic carbocycles. The van der Waals surface area contributed by atoms with Crippen LogP contribution in [0.4, 0.5) is 17.1 Å². The molecule has 30 heavy (non-hydrogen) atoms. The molecule has 2 N–H and O–H groups in total. The summed E-state index contributed by atoms with van der Waals surface area (Å²) in [5.41, 5.74) is -1.09. The largest absolute Gasteiger partial charge is 0.467 e. The van der Waals surface area contributed by atoms with E-state index in [1.54, 1.807) is 12.1 Å². The fourth-order valence-corrected chi connectivity index (χ4v) is 2.60. The normalized spacial score (nSPS) is 10.3. The number of rotatable bonds is 7. The van der Waals surface area contributed by atoms with Gasteiger partial charge in [-0.3, -0.25) is 29.8 Å². The lowest BCUT2D eigenvalue weighted by Gasteiger charge is -2.08. The van der Waals surface area contributed by atoms with E-state index in [2.05, 4.69) is 10.6 Å². The van der Waals surface area contributed by atoms with Gasteiger partial charge in [0.15, 0.2) is 0 Å². The van der Waals surface area contributed by atoms with Crippen LogP contribution in [0, 0.1) is 20.2 Å². The number of hydrogen-bond acceptors (Lipinski definition) is 7. The van der Waals surface area contributed by atoms with Crippen molar-refractivity contribution in [3.05, 3.63) is 98.0 Å². The molecule has 3 rings (SSSR count). The van der Waals surface area contributed by atoms with Crippen LogP contribution in [-0.4, -0.2) is 21.7 Å². The van der Waals surface area contributed by atoms with Crippen molar-refractivity contribution in [3.63, 3.8) is 0 Å². The maximum atomic E-state index is 12.5. The highest BCUT2D eigenvalue weighted by molar-refractivity contribution is 6.07. The number of furan rings is 1. The van der Waals surface area contributed by atoms with E-state index >= 15 is 0 Å². The Morgan fingerprint density at radius 3 is 2.40 bits per heavy atom. The summed E-state index contributed by atoms with van der Waals surface area (Å²) in [7, 11) is 0. The summed E-state index contributed by atoms with van der Waals surface area (Å²) in [4.78, 5) is 45.1. The fourth-order valence-electron chi connectivity index (χ4n) is 2.60. The molecule has 0 saturated carbocycles. The van der Waals surface area contributed by atoms with E-state index in [9.17, 15) is 29.8 Å².